The zero-order valence-electron chi connectivity index (χ0n) is 19.6. The van der Waals surface area contributed by atoms with E-state index in [1.54, 1.807) is 0 Å². The Bertz CT molecular complexity index is 1830. The van der Waals surface area contributed by atoms with E-state index in [-0.39, 0.29) is 0 Å². The van der Waals surface area contributed by atoms with E-state index in [1.807, 2.05) is 7.05 Å². The topological polar surface area (TPSA) is 37.8 Å². The summed E-state index contributed by atoms with van der Waals surface area (Å²) >= 11 is 0. The lowest BCUT2D eigenvalue weighted by molar-refractivity contribution is 1.12. The highest BCUT2D eigenvalue weighted by molar-refractivity contribution is 6.13. The minimum absolute atomic E-state index is 0.855. The molecule has 36 heavy (non-hydrogen) atoms. The van der Waals surface area contributed by atoms with E-state index in [4.69, 9.17) is 9.97 Å². The van der Waals surface area contributed by atoms with Gasteiger partial charge in [-0.05, 0) is 22.9 Å². The molecule has 170 valence electrons. The number of hydrogen-bond donors (Lipinski definition) is 0. The van der Waals surface area contributed by atoms with Crippen LogP contribution in [0.2, 0.25) is 0 Å². The quantitative estimate of drug-likeness (QED) is 0.251. The van der Waals surface area contributed by atoms with Crippen LogP contribution in [-0.4, -0.2) is 25.8 Å². The first-order valence-electron chi connectivity index (χ1n) is 12.1. The van der Waals surface area contributed by atoms with Crippen molar-refractivity contribution in [1.82, 2.24) is 18.8 Å². The summed E-state index contributed by atoms with van der Waals surface area (Å²) in [6.45, 7) is 0. The molecule has 5 heteroatoms. The Morgan fingerprint density at radius 2 is 0.833 bits per heavy atom. The lowest BCUT2D eigenvalue weighted by atomic mass is 10.1. The molecule has 0 aliphatic carbocycles. The van der Waals surface area contributed by atoms with Gasteiger partial charge in [0.2, 0.25) is 0 Å². The Morgan fingerprint density at radius 1 is 0.472 bits per heavy atom. The van der Waals surface area contributed by atoms with Gasteiger partial charge in [-0.15, -0.1) is 0 Å². The molecule has 0 unspecified atom stereocenters. The molecule has 0 amide bonds. The Balaban J connectivity index is 1.39. The van der Waals surface area contributed by atoms with Gasteiger partial charge in [0.05, 0.1) is 23.4 Å². The van der Waals surface area contributed by atoms with Crippen LogP contribution in [0.1, 0.15) is 0 Å². The number of aromatic nitrogens is 4. The van der Waals surface area contributed by atoms with E-state index in [9.17, 15) is 0 Å². The molecule has 0 aliphatic rings. The van der Waals surface area contributed by atoms with Gasteiger partial charge in [0.1, 0.15) is 11.3 Å². The Morgan fingerprint density at radius 3 is 1.28 bits per heavy atom. The minimum Gasteiger partial charge on any atom is -0.312 e. The number of anilines is 2. The predicted octanol–water partition coefficient (Wildman–Crippen LogP) is 7.36. The van der Waals surface area contributed by atoms with Gasteiger partial charge in [-0.25, -0.2) is 9.97 Å². The molecular weight excluding hydrogens is 442 g/mol. The van der Waals surface area contributed by atoms with Crippen molar-refractivity contribution in [2.75, 3.05) is 11.9 Å². The van der Waals surface area contributed by atoms with Crippen LogP contribution in [0.3, 0.4) is 0 Å². The van der Waals surface area contributed by atoms with Gasteiger partial charge < -0.3 is 4.90 Å². The van der Waals surface area contributed by atoms with Gasteiger partial charge in [-0.1, -0.05) is 84.9 Å². The Labute approximate surface area is 206 Å². The van der Waals surface area contributed by atoms with Crippen molar-refractivity contribution in [3.8, 4) is 0 Å². The van der Waals surface area contributed by atoms with Crippen LogP contribution in [0.15, 0.2) is 109 Å². The summed E-state index contributed by atoms with van der Waals surface area (Å²) in [5, 5.41) is 7.15. The molecule has 4 aromatic carbocycles. The molecule has 5 nitrogen and oxygen atoms in total. The second-order valence-electron chi connectivity index (χ2n) is 9.27. The van der Waals surface area contributed by atoms with Gasteiger partial charge in [0, 0.05) is 28.6 Å². The first-order chi connectivity index (χ1) is 17.8. The maximum atomic E-state index is 5.10. The third-order valence-corrected chi connectivity index (χ3v) is 7.32. The summed E-state index contributed by atoms with van der Waals surface area (Å²) in [7, 11) is 2.04. The Kier molecular flexibility index (Phi) is 3.80. The second kappa shape index (κ2) is 7.06. The molecule has 0 saturated heterocycles. The lowest BCUT2D eigenvalue weighted by Gasteiger charge is -2.11. The van der Waals surface area contributed by atoms with Gasteiger partial charge >= 0.3 is 0 Å². The fraction of sp³-hybridized carbons (Fsp3) is 0.0323. The lowest BCUT2D eigenvalue weighted by Crippen LogP contribution is -2.09. The standard InChI is InChI=1S/C31H21N5/c1-34(28-18-35-26-16-8-6-12-22(26)20-10-2-4-14-24(20)30(35)32-28)29-19-36-27-17-9-7-13-23(27)21-11-3-5-15-25(21)31(36)33-29/h2-19H,1H3. The summed E-state index contributed by atoms with van der Waals surface area (Å²) in [4.78, 5) is 12.3. The number of para-hydroxylation sites is 2. The molecule has 0 bridgehead atoms. The van der Waals surface area contributed by atoms with E-state index in [1.165, 1.54) is 21.5 Å². The molecule has 0 radical (unpaired) electrons. The molecule has 4 aromatic heterocycles. The van der Waals surface area contributed by atoms with Crippen LogP contribution >= 0.6 is 0 Å². The molecular formula is C31H21N5. The first-order valence-corrected chi connectivity index (χ1v) is 12.1. The fourth-order valence-corrected chi connectivity index (χ4v) is 5.57. The first kappa shape index (κ1) is 19.4. The largest absolute Gasteiger partial charge is 0.312 e. The normalized spacial score (nSPS) is 12.0. The molecule has 0 aliphatic heterocycles. The monoisotopic (exact) mass is 463 g/mol. The molecule has 0 N–H and O–H groups in total. The van der Waals surface area contributed by atoms with Crippen molar-refractivity contribution in [3.05, 3.63) is 109 Å². The number of pyridine rings is 2. The average molecular weight is 464 g/mol. The predicted molar refractivity (Wildman–Crippen MR) is 148 cm³/mol. The summed E-state index contributed by atoms with van der Waals surface area (Å²) in [6.07, 6.45) is 4.23. The molecule has 0 spiro atoms. The molecule has 0 atom stereocenters. The highest BCUT2D eigenvalue weighted by atomic mass is 15.3. The van der Waals surface area contributed by atoms with Crippen LogP contribution < -0.4 is 4.90 Å². The number of benzene rings is 4. The third-order valence-electron chi connectivity index (χ3n) is 7.32. The zero-order valence-corrected chi connectivity index (χ0v) is 19.6. The van der Waals surface area contributed by atoms with Gasteiger partial charge in [-0.3, -0.25) is 8.80 Å². The Hall–Kier alpha value is -4.90. The molecule has 0 saturated carbocycles. The summed E-state index contributed by atoms with van der Waals surface area (Å²) in [5.74, 6) is 1.71. The second-order valence-corrected chi connectivity index (χ2v) is 9.27. The number of nitrogens with zero attached hydrogens (tertiary/aromatic N) is 5. The molecule has 0 fully saturated rings. The highest BCUT2D eigenvalue weighted by Crippen LogP contribution is 2.34. The fourth-order valence-electron chi connectivity index (χ4n) is 5.57. The number of fused-ring (bicyclic) bond motifs is 12. The number of hydrogen-bond acceptors (Lipinski definition) is 3. The van der Waals surface area contributed by atoms with Gasteiger partial charge in [0.25, 0.3) is 0 Å². The maximum Gasteiger partial charge on any atom is 0.153 e. The van der Waals surface area contributed by atoms with Crippen LogP contribution in [-0.2, 0) is 0 Å². The molecule has 8 rings (SSSR count). The zero-order chi connectivity index (χ0) is 23.8. The average Bonchev–Trinajstić information content (AvgIpc) is 3.59. The van der Waals surface area contributed by atoms with E-state index in [2.05, 4.69) is 123 Å². The van der Waals surface area contributed by atoms with Gasteiger partial charge in [-0.2, -0.15) is 0 Å². The van der Waals surface area contributed by atoms with Crippen LogP contribution in [0.25, 0.3) is 54.6 Å². The van der Waals surface area contributed by atoms with Crippen molar-refractivity contribution >= 4 is 66.3 Å². The summed E-state index contributed by atoms with van der Waals surface area (Å²) < 4.78 is 4.40. The summed E-state index contributed by atoms with van der Waals surface area (Å²) in [6, 6.07) is 34.0. The van der Waals surface area contributed by atoms with Crippen LogP contribution in [0, 0.1) is 0 Å². The highest BCUT2D eigenvalue weighted by Gasteiger charge is 2.18. The molecule has 4 heterocycles. The van der Waals surface area contributed by atoms with E-state index in [0.717, 1.165) is 44.7 Å². The summed E-state index contributed by atoms with van der Waals surface area (Å²) in [5.41, 5.74) is 4.19. The van der Waals surface area contributed by atoms with Crippen molar-refractivity contribution in [3.63, 3.8) is 0 Å². The van der Waals surface area contributed by atoms with E-state index in [0.29, 0.717) is 0 Å². The minimum atomic E-state index is 0.855. The maximum absolute atomic E-state index is 5.10. The number of rotatable bonds is 2. The van der Waals surface area contributed by atoms with Crippen molar-refractivity contribution in [2.24, 2.45) is 0 Å². The van der Waals surface area contributed by atoms with Gasteiger partial charge in [0.15, 0.2) is 11.6 Å². The van der Waals surface area contributed by atoms with Crippen molar-refractivity contribution < 1.29 is 0 Å². The SMILES string of the molecule is CN(c1cn2c3ccccc3c3ccccc3c2n1)c1cn2c3ccccc3c3ccccc3c2n1. The molecule has 8 aromatic rings. The van der Waals surface area contributed by atoms with Crippen molar-refractivity contribution in [1.29, 1.82) is 0 Å². The van der Waals surface area contributed by atoms with Crippen LogP contribution in [0.4, 0.5) is 11.6 Å². The van der Waals surface area contributed by atoms with Crippen molar-refractivity contribution in [2.45, 2.75) is 0 Å². The smallest absolute Gasteiger partial charge is 0.153 e. The van der Waals surface area contributed by atoms with E-state index < -0.39 is 0 Å². The third kappa shape index (κ3) is 2.54. The number of imidazole rings is 2. The van der Waals surface area contributed by atoms with E-state index >= 15 is 0 Å². The van der Waals surface area contributed by atoms with Crippen LogP contribution in [0.5, 0.6) is 0 Å².